The van der Waals surface area contributed by atoms with Crippen molar-refractivity contribution in [3.05, 3.63) is 53.9 Å². The highest BCUT2D eigenvalue weighted by atomic mass is 16.3. The van der Waals surface area contributed by atoms with Gasteiger partial charge in [0.2, 0.25) is 0 Å². The topological polar surface area (TPSA) is 184 Å². The van der Waals surface area contributed by atoms with Crippen LogP contribution in [0.4, 0.5) is 17.1 Å². The Morgan fingerprint density at radius 2 is 1.26 bits per heavy atom. The number of carbonyl (C=O) groups excluding carboxylic acids is 3. The standard InChI is InChI=1S/C22H29N9O4/c1-29-9-13(26-12-32)6-17(29)21(34)28-15-8-18(31(3)11-15)22(35)27-14-7-16(30(2)10-14)20(33)25-5-4-19(23)24/h6-11,26,32H,4-5,12H2,1-3H3,(H3,23,24)(H,25,33)(H,27,35)(H,28,34). The summed E-state index contributed by atoms with van der Waals surface area (Å²) < 4.78 is 4.77. The van der Waals surface area contributed by atoms with Crippen LogP contribution in [0.3, 0.4) is 0 Å². The zero-order chi connectivity index (χ0) is 25.7. The van der Waals surface area contributed by atoms with Crippen LogP contribution >= 0.6 is 0 Å². The molecule has 35 heavy (non-hydrogen) atoms. The Morgan fingerprint density at radius 3 is 1.71 bits per heavy atom. The second-order valence-corrected chi connectivity index (χ2v) is 7.95. The number of hydrogen-bond donors (Lipinski definition) is 7. The van der Waals surface area contributed by atoms with Gasteiger partial charge in [-0.3, -0.25) is 19.8 Å². The lowest BCUT2D eigenvalue weighted by Gasteiger charge is -2.04. The minimum atomic E-state index is -0.421. The largest absolute Gasteiger partial charge is 0.388 e. The van der Waals surface area contributed by atoms with Crippen LogP contribution in [0.2, 0.25) is 0 Å². The Hall–Kier alpha value is -4.52. The number of rotatable bonds is 10. The number of aliphatic hydroxyl groups is 1. The van der Waals surface area contributed by atoms with E-state index in [0.717, 1.165) is 0 Å². The third kappa shape index (κ3) is 6.09. The van der Waals surface area contributed by atoms with Crippen LogP contribution in [0.5, 0.6) is 0 Å². The highest BCUT2D eigenvalue weighted by Gasteiger charge is 2.18. The van der Waals surface area contributed by atoms with Crippen LogP contribution in [0.25, 0.3) is 0 Å². The lowest BCUT2D eigenvalue weighted by atomic mass is 10.3. The molecule has 3 aromatic heterocycles. The first-order valence-electron chi connectivity index (χ1n) is 10.7. The van der Waals surface area contributed by atoms with Crippen molar-refractivity contribution in [2.75, 3.05) is 29.2 Å². The Labute approximate surface area is 201 Å². The lowest BCUT2D eigenvalue weighted by molar-refractivity contribution is 0.0945. The van der Waals surface area contributed by atoms with Crippen molar-refractivity contribution in [1.82, 2.24) is 19.0 Å². The quantitative estimate of drug-likeness (QED) is 0.126. The van der Waals surface area contributed by atoms with E-state index in [1.54, 1.807) is 71.6 Å². The number of aliphatic hydroxyl groups excluding tert-OH is 1. The van der Waals surface area contributed by atoms with E-state index in [-0.39, 0.29) is 37.3 Å². The predicted molar refractivity (Wildman–Crippen MR) is 132 cm³/mol. The number of aromatic nitrogens is 3. The van der Waals surface area contributed by atoms with Gasteiger partial charge in [0.05, 0.1) is 22.9 Å². The molecule has 0 saturated heterocycles. The fourth-order valence-electron chi connectivity index (χ4n) is 3.49. The third-order valence-corrected chi connectivity index (χ3v) is 5.19. The van der Waals surface area contributed by atoms with Gasteiger partial charge in [0.25, 0.3) is 17.7 Å². The van der Waals surface area contributed by atoms with Crippen molar-refractivity contribution >= 4 is 40.6 Å². The number of amidine groups is 1. The molecule has 13 nitrogen and oxygen atoms in total. The number of nitrogens with zero attached hydrogens (tertiary/aromatic N) is 3. The number of anilines is 3. The highest BCUT2D eigenvalue weighted by Crippen LogP contribution is 2.19. The third-order valence-electron chi connectivity index (χ3n) is 5.19. The van der Waals surface area contributed by atoms with Gasteiger partial charge >= 0.3 is 0 Å². The fourth-order valence-corrected chi connectivity index (χ4v) is 3.49. The predicted octanol–water partition coefficient (Wildman–Crippen LogP) is 0.624. The summed E-state index contributed by atoms with van der Waals surface area (Å²) in [5, 5.41) is 27.1. The molecule has 186 valence electrons. The Morgan fingerprint density at radius 1 is 0.829 bits per heavy atom. The van der Waals surface area contributed by atoms with Gasteiger partial charge in [-0.05, 0) is 18.2 Å². The van der Waals surface area contributed by atoms with Gasteiger partial charge in [-0.15, -0.1) is 0 Å². The molecular formula is C22H29N9O4. The lowest BCUT2D eigenvalue weighted by Crippen LogP contribution is -2.28. The van der Waals surface area contributed by atoms with Gasteiger partial charge in [0.15, 0.2) is 0 Å². The highest BCUT2D eigenvalue weighted by molar-refractivity contribution is 6.07. The molecule has 3 heterocycles. The van der Waals surface area contributed by atoms with Crippen LogP contribution < -0.4 is 27.0 Å². The Bertz CT molecular complexity index is 1270. The van der Waals surface area contributed by atoms with E-state index in [1.165, 1.54) is 0 Å². The maximum atomic E-state index is 12.8. The van der Waals surface area contributed by atoms with Gasteiger partial charge in [-0.1, -0.05) is 0 Å². The van der Waals surface area contributed by atoms with E-state index in [9.17, 15) is 14.4 Å². The summed E-state index contributed by atoms with van der Waals surface area (Å²) in [7, 11) is 5.06. The van der Waals surface area contributed by atoms with Gasteiger partial charge in [-0.25, -0.2) is 0 Å². The summed E-state index contributed by atoms with van der Waals surface area (Å²) in [4.78, 5) is 37.8. The molecule has 0 radical (unpaired) electrons. The Balaban J connectivity index is 1.66. The minimum absolute atomic E-state index is 0.0182. The molecule has 8 N–H and O–H groups in total. The average molecular weight is 484 g/mol. The number of nitrogens with two attached hydrogens (primary N) is 1. The van der Waals surface area contributed by atoms with Gasteiger partial charge in [0, 0.05) is 52.7 Å². The normalized spacial score (nSPS) is 10.6. The Kier molecular flexibility index (Phi) is 7.61. The molecule has 0 atom stereocenters. The summed E-state index contributed by atoms with van der Waals surface area (Å²) in [6, 6.07) is 4.69. The first kappa shape index (κ1) is 25.1. The molecule has 0 aromatic carbocycles. The monoisotopic (exact) mass is 483 g/mol. The molecule has 3 rings (SSSR count). The number of aryl methyl sites for hydroxylation is 3. The SMILES string of the molecule is Cn1cc(NC(=O)c2cc(NC(=O)c3cc(NCO)cn3C)cn2C)cc1C(=O)NCCC(=N)N. The van der Waals surface area contributed by atoms with Crippen molar-refractivity contribution in [3.8, 4) is 0 Å². The number of carbonyl (C=O) groups is 3. The molecule has 3 amide bonds. The summed E-state index contributed by atoms with van der Waals surface area (Å²) in [5.41, 5.74) is 7.75. The number of amides is 3. The van der Waals surface area contributed by atoms with Crippen molar-refractivity contribution in [3.63, 3.8) is 0 Å². The zero-order valence-electron chi connectivity index (χ0n) is 19.7. The van der Waals surface area contributed by atoms with E-state index in [2.05, 4.69) is 21.3 Å². The smallest absolute Gasteiger partial charge is 0.272 e. The molecule has 0 bridgehead atoms. The van der Waals surface area contributed by atoms with Crippen molar-refractivity contribution < 1.29 is 19.5 Å². The maximum absolute atomic E-state index is 12.8. The van der Waals surface area contributed by atoms with Crippen molar-refractivity contribution in [1.29, 1.82) is 5.41 Å². The van der Waals surface area contributed by atoms with E-state index < -0.39 is 5.91 Å². The summed E-state index contributed by atoms with van der Waals surface area (Å²) >= 11 is 0. The number of hydrogen-bond acceptors (Lipinski definition) is 6. The van der Waals surface area contributed by atoms with Crippen molar-refractivity contribution in [2.24, 2.45) is 26.9 Å². The van der Waals surface area contributed by atoms with E-state index >= 15 is 0 Å². The molecule has 13 heteroatoms. The van der Waals surface area contributed by atoms with Gasteiger partial charge < -0.3 is 45.8 Å². The minimum Gasteiger partial charge on any atom is -0.388 e. The van der Waals surface area contributed by atoms with E-state index in [0.29, 0.717) is 34.1 Å². The fraction of sp³-hybridized carbons (Fsp3) is 0.273. The van der Waals surface area contributed by atoms with Crippen LogP contribution in [-0.2, 0) is 21.1 Å². The van der Waals surface area contributed by atoms with Gasteiger partial charge in [0.1, 0.15) is 23.8 Å². The summed E-state index contributed by atoms with van der Waals surface area (Å²) in [5.74, 6) is -1.17. The molecule has 0 fully saturated rings. The molecular weight excluding hydrogens is 454 g/mol. The van der Waals surface area contributed by atoms with E-state index in [1.807, 2.05) is 0 Å². The first-order valence-corrected chi connectivity index (χ1v) is 10.7. The molecule has 0 saturated carbocycles. The maximum Gasteiger partial charge on any atom is 0.272 e. The van der Waals surface area contributed by atoms with E-state index in [4.69, 9.17) is 16.2 Å². The van der Waals surface area contributed by atoms with Crippen LogP contribution in [0.15, 0.2) is 36.8 Å². The average Bonchev–Trinajstić information content (AvgIpc) is 3.44. The van der Waals surface area contributed by atoms with Crippen LogP contribution in [0, 0.1) is 5.41 Å². The molecule has 3 aromatic rings. The second-order valence-electron chi connectivity index (χ2n) is 7.95. The zero-order valence-corrected chi connectivity index (χ0v) is 19.7. The molecule has 0 aliphatic heterocycles. The van der Waals surface area contributed by atoms with Crippen LogP contribution in [0.1, 0.15) is 37.9 Å². The van der Waals surface area contributed by atoms with Crippen LogP contribution in [-0.4, -0.2) is 55.6 Å². The molecule has 0 aliphatic carbocycles. The summed E-state index contributed by atoms with van der Waals surface area (Å²) in [6.07, 6.45) is 5.14. The molecule has 0 spiro atoms. The van der Waals surface area contributed by atoms with Gasteiger partial charge in [-0.2, -0.15) is 0 Å². The summed E-state index contributed by atoms with van der Waals surface area (Å²) in [6.45, 7) is -0.0173. The second kappa shape index (κ2) is 10.6. The number of nitrogens with one attached hydrogen (secondary N) is 5. The molecule has 0 unspecified atom stereocenters. The first-order chi connectivity index (χ1) is 16.6. The van der Waals surface area contributed by atoms with Crippen molar-refractivity contribution in [2.45, 2.75) is 6.42 Å². The molecule has 0 aliphatic rings.